The molecule has 0 amide bonds. The topological polar surface area (TPSA) is 78.9 Å². The Balaban J connectivity index is 2.65. The molecule has 1 aromatic heterocycles. The maximum Gasteiger partial charge on any atom is 0.123 e. The monoisotopic (exact) mass is 317 g/mol. The molecule has 0 fully saturated rings. The van der Waals surface area contributed by atoms with Crippen molar-refractivity contribution in [1.82, 2.24) is 4.98 Å². The lowest BCUT2D eigenvalue weighted by atomic mass is 10.00. The zero-order chi connectivity index (χ0) is 17.7. The van der Waals surface area contributed by atoms with E-state index in [9.17, 15) is 10.5 Å². The van der Waals surface area contributed by atoms with Crippen LogP contribution >= 0.6 is 0 Å². The third-order valence-corrected chi connectivity index (χ3v) is 3.47. The second-order valence-corrected chi connectivity index (χ2v) is 4.98. The summed E-state index contributed by atoms with van der Waals surface area (Å²) in [4.78, 5) is 4.23. The van der Waals surface area contributed by atoms with Crippen LogP contribution in [0.3, 0.4) is 0 Å². The summed E-state index contributed by atoms with van der Waals surface area (Å²) in [7, 11) is 3.12. The van der Waals surface area contributed by atoms with Gasteiger partial charge in [0.25, 0.3) is 0 Å². The predicted octanol–water partition coefficient (Wildman–Crippen LogP) is 2.86. The Morgan fingerprint density at radius 3 is 1.71 bits per heavy atom. The molecule has 24 heavy (non-hydrogen) atoms. The number of nitriles is 2. The first-order valence-corrected chi connectivity index (χ1v) is 7.10. The fourth-order valence-corrected chi connectivity index (χ4v) is 2.26. The molecule has 0 aliphatic heterocycles. The van der Waals surface area contributed by atoms with Gasteiger partial charge in [0.15, 0.2) is 0 Å². The van der Waals surface area contributed by atoms with Crippen molar-refractivity contribution in [2.75, 3.05) is 14.2 Å². The summed E-state index contributed by atoms with van der Waals surface area (Å²) in [6.07, 6.45) is 0. The summed E-state index contributed by atoms with van der Waals surface area (Å²) in [6.45, 7) is 3.46. The third-order valence-electron chi connectivity index (χ3n) is 3.47. The zero-order valence-electron chi connectivity index (χ0n) is 13.9. The van der Waals surface area contributed by atoms with Crippen molar-refractivity contribution < 1.29 is 9.47 Å². The Bertz CT molecular complexity index is 878. The van der Waals surface area contributed by atoms with Gasteiger partial charge in [-0.3, -0.25) is 4.98 Å². The molecule has 0 spiro atoms. The Hall–Kier alpha value is -3.49. The molecule has 1 aromatic carbocycles. The van der Waals surface area contributed by atoms with Crippen molar-refractivity contribution in [2.45, 2.75) is 13.8 Å². The van der Waals surface area contributed by atoms with E-state index in [1.807, 2.05) is 0 Å². The number of hydrogen-bond acceptors (Lipinski definition) is 5. The molecule has 0 aliphatic carbocycles. The highest BCUT2D eigenvalue weighted by Crippen LogP contribution is 2.23. The van der Waals surface area contributed by atoms with E-state index in [1.165, 1.54) is 0 Å². The van der Waals surface area contributed by atoms with Crippen LogP contribution in [-0.4, -0.2) is 19.2 Å². The first kappa shape index (κ1) is 16.9. The number of rotatable bonds is 2. The van der Waals surface area contributed by atoms with E-state index in [2.05, 4.69) is 29.0 Å². The molecular formula is C19H15N3O2. The van der Waals surface area contributed by atoms with E-state index in [1.54, 1.807) is 46.3 Å². The minimum absolute atomic E-state index is 0.319. The van der Waals surface area contributed by atoms with Crippen LogP contribution in [0.2, 0.25) is 0 Å². The second kappa shape index (κ2) is 7.18. The lowest BCUT2D eigenvalue weighted by Gasteiger charge is -2.06. The number of ether oxygens (including phenoxy) is 2. The average molecular weight is 317 g/mol. The molecular weight excluding hydrogens is 302 g/mol. The smallest absolute Gasteiger partial charge is 0.123 e. The van der Waals surface area contributed by atoms with E-state index in [0.29, 0.717) is 45.1 Å². The summed E-state index contributed by atoms with van der Waals surface area (Å²) >= 11 is 0. The number of nitrogens with zero attached hydrogens (tertiary/aromatic N) is 3. The minimum Gasteiger partial charge on any atom is -0.497 e. The first-order chi connectivity index (χ1) is 11.5. The second-order valence-electron chi connectivity index (χ2n) is 4.98. The molecule has 2 aromatic rings. The maximum atomic E-state index is 9.36. The quantitative estimate of drug-likeness (QED) is 0.796. The summed E-state index contributed by atoms with van der Waals surface area (Å²) in [5.74, 6) is 7.14. The van der Waals surface area contributed by atoms with Crippen LogP contribution in [0.25, 0.3) is 0 Å². The molecule has 0 radical (unpaired) electrons. The number of aromatic nitrogens is 1. The van der Waals surface area contributed by atoms with Crippen molar-refractivity contribution >= 4 is 0 Å². The van der Waals surface area contributed by atoms with Crippen LogP contribution in [0.5, 0.6) is 11.5 Å². The van der Waals surface area contributed by atoms with Crippen LogP contribution < -0.4 is 9.47 Å². The van der Waals surface area contributed by atoms with Gasteiger partial charge < -0.3 is 9.47 Å². The highest BCUT2D eigenvalue weighted by atomic mass is 16.5. The van der Waals surface area contributed by atoms with Crippen molar-refractivity contribution in [3.63, 3.8) is 0 Å². The highest BCUT2D eigenvalue weighted by Gasteiger charge is 2.14. The average Bonchev–Trinajstić information content (AvgIpc) is 2.59. The normalized spacial score (nSPS) is 9.25. The number of methoxy groups -OCH3 is 2. The van der Waals surface area contributed by atoms with Gasteiger partial charge in [-0.05, 0) is 26.0 Å². The fraction of sp³-hybridized carbons (Fsp3) is 0.211. The van der Waals surface area contributed by atoms with Crippen LogP contribution in [0.15, 0.2) is 18.2 Å². The van der Waals surface area contributed by atoms with Crippen LogP contribution in [0.4, 0.5) is 0 Å². The largest absolute Gasteiger partial charge is 0.497 e. The minimum atomic E-state index is 0.319. The van der Waals surface area contributed by atoms with Gasteiger partial charge >= 0.3 is 0 Å². The summed E-state index contributed by atoms with van der Waals surface area (Å²) < 4.78 is 10.4. The molecule has 118 valence electrons. The number of pyridine rings is 1. The number of benzene rings is 1. The van der Waals surface area contributed by atoms with Gasteiger partial charge in [-0.25, -0.2) is 0 Å². The highest BCUT2D eigenvalue weighted by molar-refractivity contribution is 5.61. The lowest BCUT2D eigenvalue weighted by Crippen LogP contribution is -2.01. The molecule has 0 bridgehead atoms. The van der Waals surface area contributed by atoms with Crippen molar-refractivity contribution in [1.29, 1.82) is 10.5 Å². The Kier molecular flexibility index (Phi) is 5.05. The molecule has 0 unspecified atom stereocenters. The summed E-state index contributed by atoms with van der Waals surface area (Å²) in [5, 5.41) is 18.7. The predicted molar refractivity (Wildman–Crippen MR) is 88.7 cm³/mol. The van der Waals surface area contributed by atoms with E-state index in [0.717, 1.165) is 0 Å². The van der Waals surface area contributed by atoms with Gasteiger partial charge in [0, 0.05) is 11.6 Å². The molecule has 0 saturated carbocycles. The number of aryl methyl sites for hydroxylation is 2. The number of hydrogen-bond donors (Lipinski definition) is 0. The van der Waals surface area contributed by atoms with Gasteiger partial charge in [-0.15, -0.1) is 0 Å². The fourth-order valence-electron chi connectivity index (χ4n) is 2.26. The SMILES string of the molecule is COc1cc(C#Cc2c(C#N)c(C)nc(C)c2C#N)cc(OC)c1. The maximum absolute atomic E-state index is 9.36. The van der Waals surface area contributed by atoms with Gasteiger partial charge in [0.2, 0.25) is 0 Å². The van der Waals surface area contributed by atoms with E-state index >= 15 is 0 Å². The molecule has 5 nitrogen and oxygen atoms in total. The molecule has 0 aliphatic rings. The Morgan fingerprint density at radius 2 is 1.29 bits per heavy atom. The molecule has 5 heteroatoms. The molecule has 2 rings (SSSR count). The summed E-state index contributed by atoms with van der Waals surface area (Å²) in [5.41, 5.74) is 2.81. The third kappa shape index (κ3) is 3.29. The van der Waals surface area contributed by atoms with Crippen LogP contribution in [0, 0.1) is 48.4 Å². The lowest BCUT2D eigenvalue weighted by molar-refractivity contribution is 0.394. The van der Waals surface area contributed by atoms with Gasteiger partial charge in [-0.2, -0.15) is 10.5 Å². The Labute approximate surface area is 141 Å². The van der Waals surface area contributed by atoms with Gasteiger partial charge in [-0.1, -0.05) is 11.8 Å². The van der Waals surface area contributed by atoms with Crippen molar-refractivity contribution in [3.05, 3.63) is 51.8 Å². The van der Waals surface area contributed by atoms with Crippen LogP contribution in [-0.2, 0) is 0 Å². The van der Waals surface area contributed by atoms with Crippen molar-refractivity contribution in [3.8, 4) is 35.5 Å². The van der Waals surface area contributed by atoms with Gasteiger partial charge in [0.05, 0.1) is 42.3 Å². The molecule has 0 saturated heterocycles. The van der Waals surface area contributed by atoms with E-state index in [-0.39, 0.29) is 0 Å². The van der Waals surface area contributed by atoms with Crippen LogP contribution in [0.1, 0.15) is 33.6 Å². The van der Waals surface area contributed by atoms with Gasteiger partial charge in [0.1, 0.15) is 23.6 Å². The molecule has 0 N–H and O–H groups in total. The van der Waals surface area contributed by atoms with E-state index < -0.39 is 0 Å². The first-order valence-electron chi connectivity index (χ1n) is 7.10. The molecule has 0 atom stereocenters. The van der Waals surface area contributed by atoms with Crippen molar-refractivity contribution in [2.24, 2.45) is 0 Å². The standard InChI is InChI=1S/C19H15N3O2/c1-12-18(10-20)17(19(11-21)13(2)22-12)6-5-14-7-15(23-3)9-16(8-14)24-4/h7-9H,1-4H3. The van der Waals surface area contributed by atoms with E-state index in [4.69, 9.17) is 9.47 Å². The zero-order valence-corrected chi connectivity index (χ0v) is 13.9. The molecule has 1 heterocycles. The summed E-state index contributed by atoms with van der Waals surface area (Å²) in [6, 6.07) is 9.42. The Morgan fingerprint density at radius 1 is 0.792 bits per heavy atom.